The topological polar surface area (TPSA) is 29.0 Å². The fourth-order valence-electron chi connectivity index (χ4n) is 2.03. The zero-order valence-electron chi connectivity index (χ0n) is 8.99. The van der Waals surface area contributed by atoms with Gasteiger partial charge in [-0.3, -0.25) is 4.90 Å². The molecule has 0 amide bonds. The van der Waals surface area contributed by atoms with Crippen LogP contribution in [0, 0.1) is 0 Å². The average Bonchev–Trinajstić information content (AvgIpc) is 2.25. The second kappa shape index (κ2) is 4.90. The van der Waals surface area contributed by atoms with Crippen LogP contribution in [0.1, 0.15) is 31.9 Å². The normalized spacial score (nSPS) is 22.9. The number of nitrogens with zero attached hydrogens (tertiary/aromatic N) is 3. The number of piperidine rings is 1. The Morgan fingerprint density at radius 3 is 2.93 bits per heavy atom. The minimum atomic E-state index is 0.463. The van der Waals surface area contributed by atoms with Gasteiger partial charge in [0.25, 0.3) is 0 Å². The Hall–Kier alpha value is -0.670. The van der Waals surface area contributed by atoms with Crippen LogP contribution in [-0.2, 0) is 6.54 Å². The fraction of sp³-hybridized carbons (Fsp3) is 0.636. The Bertz CT molecular complexity index is 312. The van der Waals surface area contributed by atoms with Crippen LogP contribution in [0.3, 0.4) is 0 Å². The lowest BCUT2D eigenvalue weighted by atomic mass is 10.0. The van der Waals surface area contributed by atoms with Gasteiger partial charge in [-0.25, -0.2) is 0 Å². The van der Waals surface area contributed by atoms with Gasteiger partial charge in [0.05, 0.1) is 5.69 Å². The lowest BCUT2D eigenvalue weighted by molar-refractivity contribution is 0.150. The van der Waals surface area contributed by atoms with Crippen molar-refractivity contribution in [2.45, 2.75) is 38.8 Å². The largest absolute Gasteiger partial charge is 0.295 e. The smallest absolute Gasteiger partial charge is 0.151 e. The first-order chi connectivity index (χ1) is 7.25. The Labute approximate surface area is 95.5 Å². The number of rotatable bonds is 2. The van der Waals surface area contributed by atoms with E-state index in [-0.39, 0.29) is 0 Å². The zero-order chi connectivity index (χ0) is 10.7. The molecule has 0 saturated carbocycles. The second-order valence-corrected chi connectivity index (χ2v) is 4.55. The average molecular weight is 226 g/mol. The van der Waals surface area contributed by atoms with Crippen LogP contribution in [-0.4, -0.2) is 27.7 Å². The Morgan fingerprint density at radius 2 is 2.27 bits per heavy atom. The summed E-state index contributed by atoms with van der Waals surface area (Å²) >= 11 is 5.70. The van der Waals surface area contributed by atoms with E-state index in [1.807, 2.05) is 6.07 Å². The maximum Gasteiger partial charge on any atom is 0.151 e. The molecule has 1 aliphatic heterocycles. The van der Waals surface area contributed by atoms with E-state index in [0.717, 1.165) is 12.2 Å². The molecule has 1 aliphatic rings. The van der Waals surface area contributed by atoms with E-state index in [2.05, 4.69) is 22.0 Å². The van der Waals surface area contributed by atoms with Crippen LogP contribution in [0.15, 0.2) is 12.1 Å². The van der Waals surface area contributed by atoms with E-state index in [1.165, 1.54) is 25.8 Å². The molecular weight excluding hydrogens is 210 g/mol. The SMILES string of the molecule is CC1CCCCN1Cc1ccc(Cl)nn1. The Morgan fingerprint density at radius 1 is 1.40 bits per heavy atom. The van der Waals surface area contributed by atoms with Crippen LogP contribution in [0.4, 0.5) is 0 Å². The molecule has 1 atom stereocenters. The van der Waals surface area contributed by atoms with Gasteiger partial charge < -0.3 is 0 Å². The van der Waals surface area contributed by atoms with Crippen LogP contribution in [0.5, 0.6) is 0 Å². The highest BCUT2D eigenvalue weighted by Crippen LogP contribution is 2.18. The monoisotopic (exact) mass is 225 g/mol. The van der Waals surface area contributed by atoms with Gasteiger partial charge in [0, 0.05) is 12.6 Å². The predicted molar refractivity (Wildman–Crippen MR) is 60.8 cm³/mol. The van der Waals surface area contributed by atoms with Gasteiger partial charge in [-0.05, 0) is 38.4 Å². The number of halogens is 1. The molecule has 82 valence electrons. The molecule has 0 spiro atoms. The van der Waals surface area contributed by atoms with Crippen molar-refractivity contribution in [3.63, 3.8) is 0 Å². The lowest BCUT2D eigenvalue weighted by Gasteiger charge is -2.32. The summed E-state index contributed by atoms with van der Waals surface area (Å²) in [7, 11) is 0. The first kappa shape index (κ1) is 10.8. The first-order valence-corrected chi connectivity index (χ1v) is 5.85. The van der Waals surface area contributed by atoms with Gasteiger partial charge in [-0.15, -0.1) is 5.10 Å². The summed E-state index contributed by atoms with van der Waals surface area (Å²) in [4.78, 5) is 2.46. The molecule has 0 N–H and O–H groups in total. The molecular formula is C11H16ClN3. The van der Waals surface area contributed by atoms with E-state index in [4.69, 9.17) is 11.6 Å². The summed E-state index contributed by atoms with van der Waals surface area (Å²) < 4.78 is 0. The summed E-state index contributed by atoms with van der Waals surface area (Å²) in [6, 6.07) is 4.42. The van der Waals surface area contributed by atoms with Crippen molar-refractivity contribution < 1.29 is 0 Å². The van der Waals surface area contributed by atoms with Gasteiger partial charge in [0.2, 0.25) is 0 Å². The summed E-state index contributed by atoms with van der Waals surface area (Å²) in [6.45, 7) is 4.35. The van der Waals surface area contributed by atoms with Crippen LogP contribution >= 0.6 is 11.6 Å². The molecule has 15 heavy (non-hydrogen) atoms. The minimum absolute atomic E-state index is 0.463. The van der Waals surface area contributed by atoms with Crippen molar-refractivity contribution in [2.75, 3.05) is 6.54 Å². The molecule has 1 unspecified atom stereocenters. The maximum atomic E-state index is 5.70. The van der Waals surface area contributed by atoms with Gasteiger partial charge in [-0.1, -0.05) is 18.0 Å². The Kier molecular flexibility index (Phi) is 3.54. The van der Waals surface area contributed by atoms with E-state index < -0.39 is 0 Å². The summed E-state index contributed by atoms with van der Waals surface area (Å²) in [5.41, 5.74) is 1.01. The van der Waals surface area contributed by atoms with Crippen molar-refractivity contribution in [3.8, 4) is 0 Å². The van der Waals surface area contributed by atoms with Gasteiger partial charge in [0.15, 0.2) is 5.15 Å². The number of aromatic nitrogens is 2. The molecule has 1 aromatic rings. The molecule has 0 bridgehead atoms. The molecule has 2 heterocycles. The first-order valence-electron chi connectivity index (χ1n) is 5.48. The van der Waals surface area contributed by atoms with Crippen LogP contribution < -0.4 is 0 Å². The van der Waals surface area contributed by atoms with Crippen LogP contribution in [0.2, 0.25) is 5.15 Å². The quantitative estimate of drug-likeness (QED) is 0.775. The van der Waals surface area contributed by atoms with Gasteiger partial charge in [0.1, 0.15) is 0 Å². The summed E-state index contributed by atoms with van der Waals surface area (Å²) in [5, 5.41) is 8.40. The van der Waals surface area contributed by atoms with E-state index >= 15 is 0 Å². The third-order valence-electron chi connectivity index (χ3n) is 2.99. The van der Waals surface area contributed by atoms with Crippen molar-refractivity contribution in [1.82, 2.24) is 15.1 Å². The number of hydrogen-bond acceptors (Lipinski definition) is 3. The molecule has 1 fully saturated rings. The fourth-order valence-corrected chi connectivity index (χ4v) is 2.13. The van der Waals surface area contributed by atoms with Crippen LogP contribution in [0.25, 0.3) is 0 Å². The molecule has 1 aromatic heterocycles. The van der Waals surface area contributed by atoms with Gasteiger partial charge in [-0.2, -0.15) is 5.10 Å². The molecule has 3 nitrogen and oxygen atoms in total. The number of likely N-dealkylation sites (tertiary alicyclic amines) is 1. The standard InChI is InChI=1S/C11H16ClN3/c1-9-4-2-3-7-15(9)8-10-5-6-11(12)14-13-10/h5-6,9H,2-4,7-8H2,1H3. The number of hydrogen-bond donors (Lipinski definition) is 0. The van der Waals surface area contributed by atoms with Crippen molar-refractivity contribution in [3.05, 3.63) is 23.0 Å². The molecule has 4 heteroatoms. The molecule has 0 radical (unpaired) electrons. The van der Waals surface area contributed by atoms with Crippen molar-refractivity contribution >= 4 is 11.6 Å². The maximum absolute atomic E-state index is 5.70. The molecule has 2 rings (SSSR count). The van der Waals surface area contributed by atoms with Crippen molar-refractivity contribution in [1.29, 1.82) is 0 Å². The molecule has 0 aromatic carbocycles. The highest BCUT2D eigenvalue weighted by Gasteiger charge is 2.18. The highest BCUT2D eigenvalue weighted by atomic mass is 35.5. The third-order valence-corrected chi connectivity index (χ3v) is 3.19. The highest BCUT2D eigenvalue weighted by molar-refractivity contribution is 6.29. The van der Waals surface area contributed by atoms with E-state index in [1.54, 1.807) is 6.07 Å². The predicted octanol–water partition coefficient (Wildman–Crippen LogP) is 2.50. The lowest BCUT2D eigenvalue weighted by Crippen LogP contribution is -2.37. The minimum Gasteiger partial charge on any atom is -0.295 e. The zero-order valence-corrected chi connectivity index (χ0v) is 9.74. The molecule has 1 saturated heterocycles. The van der Waals surface area contributed by atoms with Gasteiger partial charge >= 0.3 is 0 Å². The van der Waals surface area contributed by atoms with E-state index in [0.29, 0.717) is 11.2 Å². The van der Waals surface area contributed by atoms with E-state index in [9.17, 15) is 0 Å². The van der Waals surface area contributed by atoms with Crippen molar-refractivity contribution in [2.24, 2.45) is 0 Å². The second-order valence-electron chi connectivity index (χ2n) is 4.16. The summed E-state index contributed by atoms with van der Waals surface area (Å²) in [5.74, 6) is 0. The Balaban J connectivity index is 1.98. The third kappa shape index (κ3) is 2.89. The molecule has 0 aliphatic carbocycles. The summed E-state index contributed by atoms with van der Waals surface area (Å²) in [6.07, 6.45) is 3.94.